The molecule has 1 atom stereocenters. The number of benzene rings is 1. The Morgan fingerprint density at radius 3 is 2.50 bits per heavy atom. The number of nitro groups is 1. The number of hydrogen-bond donors (Lipinski definition) is 1. The van der Waals surface area contributed by atoms with Gasteiger partial charge in [0.15, 0.2) is 6.10 Å². The average Bonchev–Trinajstić information content (AvgIpc) is 2.26. The van der Waals surface area contributed by atoms with Gasteiger partial charge >= 0.3 is 5.97 Å². The minimum Gasteiger partial charge on any atom is -0.478 e. The lowest BCUT2D eigenvalue weighted by atomic mass is 10.1. The predicted octanol–water partition coefficient (Wildman–Crippen LogP) is 2.39. The zero-order valence-corrected chi connectivity index (χ0v) is 10.4. The zero-order chi connectivity index (χ0) is 13.9. The number of rotatable bonds is 5. The van der Waals surface area contributed by atoms with Crippen LogP contribution in [0.4, 0.5) is 5.69 Å². The molecule has 0 fully saturated rings. The van der Waals surface area contributed by atoms with Crippen LogP contribution in [0.1, 0.15) is 19.4 Å². The number of hydrogen-bond acceptors (Lipinski definition) is 4. The van der Waals surface area contributed by atoms with Gasteiger partial charge in [0.25, 0.3) is 5.69 Å². The summed E-state index contributed by atoms with van der Waals surface area (Å²) in [7, 11) is 0. The second-order valence-corrected chi connectivity index (χ2v) is 4.33. The number of nitro benzene ring substituents is 1. The summed E-state index contributed by atoms with van der Waals surface area (Å²) < 4.78 is 5.35. The van der Waals surface area contributed by atoms with Crippen molar-refractivity contribution in [3.05, 3.63) is 33.9 Å². The topological polar surface area (TPSA) is 89.7 Å². The molecule has 18 heavy (non-hydrogen) atoms. The Hall–Kier alpha value is -2.11. The lowest BCUT2D eigenvalue weighted by Gasteiger charge is -2.19. The summed E-state index contributed by atoms with van der Waals surface area (Å²) in [6, 6.07) is 4.13. The third-order valence-corrected chi connectivity index (χ3v) is 2.49. The van der Waals surface area contributed by atoms with Gasteiger partial charge in [-0.05, 0) is 18.6 Å². The van der Waals surface area contributed by atoms with Crippen molar-refractivity contribution in [2.24, 2.45) is 5.92 Å². The maximum absolute atomic E-state index is 11.0. The molecule has 0 saturated heterocycles. The second kappa shape index (κ2) is 5.48. The number of carboxylic acids is 1. The second-order valence-electron chi connectivity index (χ2n) is 4.33. The van der Waals surface area contributed by atoms with Crippen LogP contribution in [0.5, 0.6) is 5.75 Å². The van der Waals surface area contributed by atoms with E-state index in [9.17, 15) is 14.9 Å². The molecule has 0 saturated carbocycles. The van der Waals surface area contributed by atoms with Crippen LogP contribution in [0.25, 0.3) is 0 Å². The van der Waals surface area contributed by atoms with Crippen LogP contribution < -0.4 is 4.74 Å². The molecule has 0 aromatic heterocycles. The fraction of sp³-hybridized carbons (Fsp3) is 0.417. The Balaban J connectivity index is 3.05. The average molecular weight is 253 g/mol. The Bertz CT molecular complexity index is 470. The normalized spacial score (nSPS) is 12.2. The van der Waals surface area contributed by atoms with E-state index in [0.717, 1.165) is 0 Å². The van der Waals surface area contributed by atoms with Crippen molar-refractivity contribution in [3.63, 3.8) is 0 Å². The van der Waals surface area contributed by atoms with Crippen molar-refractivity contribution < 1.29 is 19.6 Å². The Labute approximate surface area is 104 Å². The largest absolute Gasteiger partial charge is 0.478 e. The van der Waals surface area contributed by atoms with E-state index < -0.39 is 17.0 Å². The molecule has 1 aromatic rings. The summed E-state index contributed by atoms with van der Waals surface area (Å²) in [4.78, 5) is 21.1. The first-order valence-electron chi connectivity index (χ1n) is 5.47. The molecule has 0 radical (unpaired) electrons. The Kier molecular flexibility index (Phi) is 4.25. The molecule has 1 rings (SSSR count). The number of carboxylic acid groups (broad SMARTS) is 1. The summed E-state index contributed by atoms with van der Waals surface area (Å²) >= 11 is 0. The molecule has 6 heteroatoms. The number of aryl methyl sites for hydroxylation is 1. The molecule has 0 aliphatic carbocycles. The number of ether oxygens (including phenoxy) is 1. The van der Waals surface area contributed by atoms with Gasteiger partial charge in [-0.3, -0.25) is 10.1 Å². The van der Waals surface area contributed by atoms with Gasteiger partial charge in [-0.15, -0.1) is 0 Å². The first kappa shape index (κ1) is 14.0. The summed E-state index contributed by atoms with van der Waals surface area (Å²) in [5.41, 5.74) is 0.538. The molecule has 98 valence electrons. The fourth-order valence-corrected chi connectivity index (χ4v) is 1.44. The number of carbonyl (C=O) groups is 1. The summed E-state index contributed by atoms with van der Waals surface area (Å²) in [6.45, 7) is 5.13. The lowest BCUT2D eigenvalue weighted by Crippen LogP contribution is -2.32. The third-order valence-electron chi connectivity index (χ3n) is 2.49. The zero-order valence-electron chi connectivity index (χ0n) is 10.4. The predicted molar refractivity (Wildman–Crippen MR) is 64.7 cm³/mol. The van der Waals surface area contributed by atoms with Gasteiger partial charge in [-0.1, -0.05) is 13.8 Å². The third kappa shape index (κ3) is 3.19. The van der Waals surface area contributed by atoms with E-state index in [-0.39, 0.29) is 17.4 Å². The molecule has 0 spiro atoms. The van der Waals surface area contributed by atoms with Crippen molar-refractivity contribution in [2.45, 2.75) is 26.9 Å². The summed E-state index contributed by atoms with van der Waals surface area (Å²) in [5.74, 6) is -1.10. The van der Waals surface area contributed by atoms with E-state index in [1.807, 2.05) is 0 Å². The monoisotopic (exact) mass is 253 g/mol. The Morgan fingerprint density at radius 1 is 1.44 bits per heavy atom. The first-order valence-corrected chi connectivity index (χ1v) is 5.47. The molecule has 0 aliphatic rings. The van der Waals surface area contributed by atoms with E-state index >= 15 is 0 Å². The van der Waals surface area contributed by atoms with Crippen LogP contribution in [0.15, 0.2) is 18.2 Å². The molecule has 6 nitrogen and oxygen atoms in total. The highest BCUT2D eigenvalue weighted by Gasteiger charge is 2.24. The van der Waals surface area contributed by atoms with Crippen LogP contribution in [0.2, 0.25) is 0 Å². The van der Waals surface area contributed by atoms with E-state index in [0.29, 0.717) is 5.56 Å². The van der Waals surface area contributed by atoms with Gasteiger partial charge in [0.2, 0.25) is 0 Å². The van der Waals surface area contributed by atoms with Crippen LogP contribution >= 0.6 is 0 Å². The van der Waals surface area contributed by atoms with Gasteiger partial charge in [0.1, 0.15) is 5.75 Å². The van der Waals surface area contributed by atoms with E-state index in [1.54, 1.807) is 20.8 Å². The maximum atomic E-state index is 11.0. The SMILES string of the molecule is Cc1ccc([N+](=O)[O-])cc1OC(C(=O)O)C(C)C. The smallest absolute Gasteiger partial charge is 0.345 e. The minimum atomic E-state index is -1.09. The molecule has 1 aromatic carbocycles. The summed E-state index contributed by atoms with van der Waals surface area (Å²) in [5, 5.41) is 19.7. The highest BCUT2D eigenvalue weighted by Crippen LogP contribution is 2.26. The van der Waals surface area contributed by atoms with E-state index in [2.05, 4.69) is 0 Å². The molecule has 1 N–H and O–H groups in total. The lowest BCUT2D eigenvalue weighted by molar-refractivity contribution is -0.385. The minimum absolute atomic E-state index is 0.122. The molecular formula is C12H15NO5. The molecule has 1 unspecified atom stereocenters. The van der Waals surface area contributed by atoms with Crippen molar-refractivity contribution in [1.82, 2.24) is 0 Å². The molecular weight excluding hydrogens is 238 g/mol. The van der Waals surface area contributed by atoms with Crippen molar-refractivity contribution in [2.75, 3.05) is 0 Å². The van der Waals surface area contributed by atoms with Gasteiger partial charge in [-0.2, -0.15) is 0 Å². The molecule has 0 bridgehead atoms. The van der Waals surface area contributed by atoms with E-state index in [4.69, 9.17) is 9.84 Å². The van der Waals surface area contributed by atoms with Crippen molar-refractivity contribution in [1.29, 1.82) is 0 Å². The van der Waals surface area contributed by atoms with Gasteiger partial charge in [0, 0.05) is 12.0 Å². The quantitative estimate of drug-likeness (QED) is 0.642. The number of nitrogens with zero attached hydrogens (tertiary/aromatic N) is 1. The number of non-ortho nitro benzene ring substituents is 1. The maximum Gasteiger partial charge on any atom is 0.345 e. The van der Waals surface area contributed by atoms with Crippen LogP contribution in [0, 0.1) is 23.0 Å². The van der Waals surface area contributed by atoms with Crippen LogP contribution in [-0.2, 0) is 4.79 Å². The highest BCUT2D eigenvalue weighted by molar-refractivity contribution is 5.73. The number of aliphatic carboxylic acids is 1. The molecule has 0 amide bonds. The van der Waals surface area contributed by atoms with Gasteiger partial charge in [0.05, 0.1) is 11.0 Å². The van der Waals surface area contributed by atoms with E-state index in [1.165, 1.54) is 18.2 Å². The highest BCUT2D eigenvalue weighted by atomic mass is 16.6. The standard InChI is InChI=1S/C12H15NO5/c1-7(2)11(12(14)15)18-10-6-9(13(16)17)5-4-8(10)3/h4-7,11H,1-3H3,(H,14,15). The Morgan fingerprint density at radius 2 is 2.06 bits per heavy atom. The summed E-state index contributed by atoms with van der Waals surface area (Å²) in [6.07, 6.45) is -1.02. The molecule has 0 aliphatic heterocycles. The van der Waals surface area contributed by atoms with Gasteiger partial charge < -0.3 is 9.84 Å². The van der Waals surface area contributed by atoms with Crippen LogP contribution in [-0.4, -0.2) is 22.1 Å². The first-order chi connectivity index (χ1) is 8.32. The van der Waals surface area contributed by atoms with Crippen molar-refractivity contribution >= 4 is 11.7 Å². The molecule has 0 heterocycles. The van der Waals surface area contributed by atoms with Crippen LogP contribution in [0.3, 0.4) is 0 Å². The van der Waals surface area contributed by atoms with Gasteiger partial charge in [-0.25, -0.2) is 4.79 Å². The van der Waals surface area contributed by atoms with Crippen molar-refractivity contribution in [3.8, 4) is 5.75 Å². The fourth-order valence-electron chi connectivity index (χ4n) is 1.44.